The zero-order valence-electron chi connectivity index (χ0n) is 10.2. The van der Waals surface area contributed by atoms with Crippen molar-refractivity contribution in [1.82, 2.24) is 9.78 Å². The molecule has 2 heterocycles. The van der Waals surface area contributed by atoms with Crippen molar-refractivity contribution in [2.24, 2.45) is 5.73 Å². The van der Waals surface area contributed by atoms with E-state index in [2.05, 4.69) is 18.9 Å². The van der Waals surface area contributed by atoms with Crippen molar-refractivity contribution in [3.63, 3.8) is 0 Å². The molecule has 2 aromatic rings. The van der Waals surface area contributed by atoms with Gasteiger partial charge in [0.15, 0.2) is 0 Å². The molecule has 0 amide bonds. The molecule has 0 aliphatic heterocycles. The zero-order chi connectivity index (χ0) is 12.0. The SMILES string of the molecule is CC1(C)Cc2occc2-c2c1cnn2CCN. The Morgan fingerprint density at radius 2 is 2.35 bits per heavy atom. The first-order valence-corrected chi connectivity index (χ1v) is 5.96. The van der Waals surface area contributed by atoms with Gasteiger partial charge < -0.3 is 10.2 Å². The van der Waals surface area contributed by atoms with Crippen molar-refractivity contribution in [2.75, 3.05) is 6.54 Å². The minimum atomic E-state index is 0.0764. The van der Waals surface area contributed by atoms with E-state index < -0.39 is 0 Å². The largest absolute Gasteiger partial charge is 0.469 e. The molecule has 0 spiro atoms. The number of hydrogen-bond acceptors (Lipinski definition) is 3. The Kier molecular flexibility index (Phi) is 2.16. The van der Waals surface area contributed by atoms with Gasteiger partial charge in [-0.1, -0.05) is 13.8 Å². The molecular formula is C13H17N3O. The first-order chi connectivity index (χ1) is 8.13. The Bertz CT molecular complexity index is 551. The Hall–Kier alpha value is -1.55. The van der Waals surface area contributed by atoms with E-state index >= 15 is 0 Å². The quantitative estimate of drug-likeness (QED) is 0.859. The highest BCUT2D eigenvalue weighted by molar-refractivity contribution is 5.70. The number of nitrogens with two attached hydrogens (primary N) is 1. The van der Waals surface area contributed by atoms with Crippen molar-refractivity contribution >= 4 is 0 Å². The Balaban J connectivity index is 2.23. The maximum Gasteiger partial charge on any atom is 0.114 e. The summed E-state index contributed by atoms with van der Waals surface area (Å²) in [6.45, 7) is 5.80. The molecule has 3 rings (SSSR count). The number of nitrogens with zero attached hydrogens (tertiary/aromatic N) is 2. The molecule has 0 saturated heterocycles. The zero-order valence-corrected chi connectivity index (χ0v) is 10.2. The molecule has 0 atom stereocenters. The van der Waals surface area contributed by atoms with Gasteiger partial charge >= 0.3 is 0 Å². The summed E-state index contributed by atoms with van der Waals surface area (Å²) in [5.74, 6) is 1.06. The van der Waals surface area contributed by atoms with E-state index in [4.69, 9.17) is 10.2 Å². The van der Waals surface area contributed by atoms with Crippen LogP contribution in [-0.2, 0) is 18.4 Å². The first kappa shape index (κ1) is 10.6. The fourth-order valence-corrected chi connectivity index (χ4v) is 2.64. The van der Waals surface area contributed by atoms with Gasteiger partial charge in [0.25, 0.3) is 0 Å². The van der Waals surface area contributed by atoms with Gasteiger partial charge in [-0.3, -0.25) is 4.68 Å². The van der Waals surface area contributed by atoms with E-state index in [1.165, 1.54) is 16.8 Å². The van der Waals surface area contributed by atoms with Crippen LogP contribution in [0.5, 0.6) is 0 Å². The van der Waals surface area contributed by atoms with Crippen molar-refractivity contribution in [3.05, 3.63) is 29.9 Å². The molecule has 0 saturated carbocycles. The molecule has 0 fully saturated rings. The van der Waals surface area contributed by atoms with Crippen molar-refractivity contribution in [1.29, 1.82) is 0 Å². The minimum absolute atomic E-state index is 0.0764. The summed E-state index contributed by atoms with van der Waals surface area (Å²) in [4.78, 5) is 0. The fraction of sp³-hybridized carbons (Fsp3) is 0.462. The highest BCUT2D eigenvalue weighted by Crippen LogP contribution is 2.43. The summed E-state index contributed by atoms with van der Waals surface area (Å²) in [5, 5.41) is 4.46. The highest BCUT2D eigenvalue weighted by atomic mass is 16.3. The molecule has 1 aliphatic rings. The van der Waals surface area contributed by atoms with Gasteiger partial charge in [-0.05, 0) is 6.07 Å². The molecule has 0 radical (unpaired) electrons. The average Bonchev–Trinajstić information content (AvgIpc) is 2.84. The van der Waals surface area contributed by atoms with Gasteiger partial charge in [0.05, 0.1) is 24.7 Å². The number of rotatable bonds is 2. The third kappa shape index (κ3) is 1.44. The lowest BCUT2D eigenvalue weighted by Crippen LogP contribution is -2.25. The molecular weight excluding hydrogens is 214 g/mol. The van der Waals surface area contributed by atoms with Crippen molar-refractivity contribution in [3.8, 4) is 11.3 Å². The summed E-state index contributed by atoms with van der Waals surface area (Å²) in [6, 6.07) is 2.03. The molecule has 4 nitrogen and oxygen atoms in total. The Morgan fingerprint density at radius 3 is 3.12 bits per heavy atom. The van der Waals surface area contributed by atoms with Crippen LogP contribution in [0.2, 0.25) is 0 Å². The van der Waals surface area contributed by atoms with Crippen LogP contribution in [0.15, 0.2) is 22.9 Å². The van der Waals surface area contributed by atoms with E-state index in [0.29, 0.717) is 6.54 Å². The van der Waals surface area contributed by atoms with Crippen LogP contribution >= 0.6 is 0 Å². The number of furan rings is 1. The van der Waals surface area contributed by atoms with Crippen LogP contribution in [-0.4, -0.2) is 16.3 Å². The average molecular weight is 231 g/mol. The second-order valence-electron chi connectivity index (χ2n) is 5.24. The number of aromatic nitrogens is 2. The van der Waals surface area contributed by atoms with Crippen LogP contribution in [0.1, 0.15) is 25.2 Å². The van der Waals surface area contributed by atoms with E-state index in [-0.39, 0.29) is 5.41 Å². The lowest BCUT2D eigenvalue weighted by molar-refractivity contribution is 0.425. The third-order valence-corrected chi connectivity index (χ3v) is 3.51. The molecule has 0 aromatic carbocycles. The first-order valence-electron chi connectivity index (χ1n) is 5.96. The highest BCUT2D eigenvalue weighted by Gasteiger charge is 2.35. The fourth-order valence-electron chi connectivity index (χ4n) is 2.64. The van der Waals surface area contributed by atoms with E-state index in [9.17, 15) is 0 Å². The number of fused-ring (bicyclic) bond motifs is 3. The van der Waals surface area contributed by atoms with Gasteiger partial charge in [0.1, 0.15) is 5.76 Å². The van der Waals surface area contributed by atoms with Crippen molar-refractivity contribution in [2.45, 2.75) is 32.2 Å². The van der Waals surface area contributed by atoms with Crippen LogP contribution in [0.4, 0.5) is 0 Å². The van der Waals surface area contributed by atoms with Crippen LogP contribution < -0.4 is 5.73 Å². The standard InChI is InChI=1S/C13H17N3O/c1-13(2)7-11-9(3-6-17-11)12-10(13)8-15-16(12)5-4-14/h3,6,8H,4-5,7,14H2,1-2H3. The summed E-state index contributed by atoms with van der Waals surface area (Å²) >= 11 is 0. The molecule has 17 heavy (non-hydrogen) atoms. The van der Waals surface area contributed by atoms with Crippen LogP contribution in [0.3, 0.4) is 0 Å². The van der Waals surface area contributed by atoms with E-state index in [1.807, 2.05) is 16.9 Å². The summed E-state index contributed by atoms with van der Waals surface area (Å²) in [6.07, 6.45) is 4.66. The van der Waals surface area contributed by atoms with E-state index in [1.54, 1.807) is 6.26 Å². The minimum Gasteiger partial charge on any atom is -0.469 e. The molecule has 4 heteroatoms. The predicted octanol–water partition coefficient (Wildman–Crippen LogP) is 1.94. The second kappa shape index (κ2) is 3.47. The van der Waals surface area contributed by atoms with Crippen LogP contribution in [0, 0.1) is 0 Å². The topological polar surface area (TPSA) is 57.0 Å². The van der Waals surface area contributed by atoms with Crippen molar-refractivity contribution < 1.29 is 4.42 Å². The van der Waals surface area contributed by atoms with E-state index in [0.717, 1.165) is 18.7 Å². The predicted molar refractivity (Wildman–Crippen MR) is 65.7 cm³/mol. The normalized spacial score (nSPS) is 16.6. The lowest BCUT2D eigenvalue weighted by Gasteiger charge is -2.29. The molecule has 0 unspecified atom stereocenters. The Morgan fingerprint density at radius 1 is 1.53 bits per heavy atom. The smallest absolute Gasteiger partial charge is 0.114 e. The Labute approximate surface area is 100 Å². The maximum atomic E-state index is 5.63. The lowest BCUT2D eigenvalue weighted by atomic mass is 9.75. The molecule has 1 aliphatic carbocycles. The maximum absolute atomic E-state index is 5.63. The summed E-state index contributed by atoms with van der Waals surface area (Å²) in [5.41, 5.74) is 9.35. The van der Waals surface area contributed by atoms with Gasteiger partial charge in [0, 0.05) is 29.5 Å². The second-order valence-corrected chi connectivity index (χ2v) is 5.24. The monoisotopic (exact) mass is 231 g/mol. The molecule has 2 N–H and O–H groups in total. The molecule has 2 aromatic heterocycles. The molecule has 90 valence electrons. The summed E-state index contributed by atoms with van der Waals surface area (Å²) < 4.78 is 7.57. The van der Waals surface area contributed by atoms with Gasteiger partial charge in [-0.15, -0.1) is 0 Å². The van der Waals surface area contributed by atoms with Gasteiger partial charge in [-0.2, -0.15) is 5.10 Å². The third-order valence-electron chi connectivity index (χ3n) is 3.51. The molecule has 0 bridgehead atoms. The number of hydrogen-bond donors (Lipinski definition) is 1. The summed E-state index contributed by atoms with van der Waals surface area (Å²) in [7, 11) is 0. The van der Waals surface area contributed by atoms with Gasteiger partial charge in [0.2, 0.25) is 0 Å². The van der Waals surface area contributed by atoms with Gasteiger partial charge in [-0.25, -0.2) is 0 Å². The van der Waals surface area contributed by atoms with Crippen LogP contribution in [0.25, 0.3) is 11.3 Å².